The number of esters is 1. The third kappa shape index (κ3) is 5.78. The van der Waals surface area contributed by atoms with E-state index in [1.54, 1.807) is 6.92 Å². The highest BCUT2D eigenvalue weighted by molar-refractivity contribution is 6.30. The van der Waals surface area contributed by atoms with E-state index in [0.29, 0.717) is 29.1 Å². The number of hydrogen-bond acceptors (Lipinski definition) is 5. The summed E-state index contributed by atoms with van der Waals surface area (Å²) < 4.78 is 5.17. The van der Waals surface area contributed by atoms with Gasteiger partial charge in [-0.3, -0.25) is 14.5 Å². The van der Waals surface area contributed by atoms with E-state index in [0.717, 1.165) is 48.3 Å². The van der Waals surface area contributed by atoms with Crippen molar-refractivity contribution in [1.29, 1.82) is 0 Å². The van der Waals surface area contributed by atoms with Crippen molar-refractivity contribution in [3.05, 3.63) is 106 Å². The highest BCUT2D eigenvalue weighted by Crippen LogP contribution is 2.38. The highest BCUT2D eigenvalue weighted by atomic mass is 35.5. The first kappa shape index (κ1) is 27.1. The van der Waals surface area contributed by atoms with E-state index < -0.39 is 11.6 Å². The smallest absolute Gasteiger partial charge is 0.326 e. The standard InChI is InChI=1S/C32H33ClN2O4/c1-2-39-30(36)22-35-29-12-6-5-9-27(29)25(26-8-3-4-10-28(26)31(35)37)11-7-19-34-20-17-32(38,18-21-34)23-13-15-24(33)16-14-23/h3-6,8-16,38H,2,7,17-22H2,1H3/b25-11+. The Morgan fingerprint density at radius 1 is 0.974 bits per heavy atom. The molecule has 2 aliphatic rings. The summed E-state index contributed by atoms with van der Waals surface area (Å²) in [6, 6.07) is 22.8. The number of fused-ring (bicyclic) bond motifs is 2. The predicted octanol–water partition coefficient (Wildman–Crippen LogP) is 5.67. The zero-order chi connectivity index (χ0) is 27.4. The zero-order valence-corrected chi connectivity index (χ0v) is 22.9. The summed E-state index contributed by atoms with van der Waals surface area (Å²) in [5, 5.41) is 11.9. The number of halogens is 1. The Morgan fingerprint density at radius 2 is 1.62 bits per heavy atom. The van der Waals surface area contributed by atoms with Crippen LogP contribution in [0.15, 0.2) is 78.9 Å². The van der Waals surface area contributed by atoms with Crippen molar-refractivity contribution in [3.8, 4) is 0 Å². The average Bonchev–Trinajstić information content (AvgIpc) is 3.04. The number of likely N-dealkylation sites (tertiary alicyclic amines) is 1. The van der Waals surface area contributed by atoms with Crippen LogP contribution in [0.25, 0.3) is 5.57 Å². The lowest BCUT2D eigenvalue weighted by atomic mass is 9.84. The Morgan fingerprint density at radius 3 is 2.31 bits per heavy atom. The molecule has 3 aromatic rings. The fraction of sp³-hybridized carbons (Fsp3) is 0.312. The van der Waals surface area contributed by atoms with Gasteiger partial charge in [-0.05, 0) is 67.2 Å². The SMILES string of the molecule is CCOC(=O)CN1C(=O)c2ccccc2/C(=C\CCN2CCC(O)(c3ccc(Cl)cc3)CC2)c2ccccc21. The second kappa shape index (κ2) is 11.7. The van der Waals surface area contributed by atoms with Gasteiger partial charge in [-0.1, -0.05) is 66.2 Å². The molecular weight excluding hydrogens is 512 g/mol. The summed E-state index contributed by atoms with van der Waals surface area (Å²) in [7, 11) is 0. The summed E-state index contributed by atoms with van der Waals surface area (Å²) >= 11 is 6.03. The molecule has 2 heterocycles. The number of nitrogens with zero attached hydrogens (tertiary/aromatic N) is 2. The molecule has 7 heteroatoms. The molecule has 39 heavy (non-hydrogen) atoms. The lowest BCUT2D eigenvalue weighted by Crippen LogP contribution is -2.42. The monoisotopic (exact) mass is 544 g/mol. The fourth-order valence-corrected chi connectivity index (χ4v) is 5.67. The van der Waals surface area contributed by atoms with Crippen molar-refractivity contribution in [2.45, 2.75) is 31.8 Å². The fourth-order valence-electron chi connectivity index (χ4n) is 5.54. The molecule has 0 atom stereocenters. The van der Waals surface area contributed by atoms with Crippen molar-refractivity contribution < 1.29 is 19.4 Å². The second-order valence-electron chi connectivity index (χ2n) is 10.0. The topological polar surface area (TPSA) is 70.1 Å². The quantitative estimate of drug-likeness (QED) is 0.388. The van der Waals surface area contributed by atoms with Crippen LogP contribution in [0.5, 0.6) is 0 Å². The molecule has 3 aromatic carbocycles. The average molecular weight is 545 g/mol. The third-order valence-corrected chi connectivity index (χ3v) is 7.88. The molecular formula is C32H33ClN2O4. The number of benzene rings is 3. The van der Waals surface area contributed by atoms with Gasteiger partial charge in [0.15, 0.2) is 0 Å². The molecule has 202 valence electrons. The van der Waals surface area contributed by atoms with Gasteiger partial charge in [-0.2, -0.15) is 0 Å². The molecule has 1 N–H and O–H groups in total. The van der Waals surface area contributed by atoms with Gasteiger partial charge in [0.2, 0.25) is 0 Å². The van der Waals surface area contributed by atoms with Crippen LogP contribution < -0.4 is 4.90 Å². The molecule has 1 saturated heterocycles. The first-order valence-corrected chi connectivity index (χ1v) is 13.8. The Kier molecular flexibility index (Phi) is 8.17. The van der Waals surface area contributed by atoms with E-state index in [2.05, 4.69) is 11.0 Å². The Labute approximate surface area is 234 Å². The largest absolute Gasteiger partial charge is 0.465 e. The van der Waals surface area contributed by atoms with Gasteiger partial charge in [0.1, 0.15) is 6.54 Å². The van der Waals surface area contributed by atoms with Gasteiger partial charge in [-0.15, -0.1) is 0 Å². The number of aliphatic hydroxyl groups is 1. The molecule has 6 nitrogen and oxygen atoms in total. The van der Waals surface area contributed by atoms with Crippen molar-refractivity contribution in [1.82, 2.24) is 4.90 Å². The highest BCUT2D eigenvalue weighted by Gasteiger charge is 2.34. The molecule has 0 bridgehead atoms. The summed E-state index contributed by atoms with van der Waals surface area (Å²) in [4.78, 5) is 30.0. The van der Waals surface area contributed by atoms with Crippen molar-refractivity contribution in [3.63, 3.8) is 0 Å². The number of carbonyl (C=O) groups is 2. The third-order valence-electron chi connectivity index (χ3n) is 7.63. The summed E-state index contributed by atoms with van der Waals surface area (Å²) in [6.45, 7) is 4.30. The number of ether oxygens (including phenoxy) is 1. The Balaban J connectivity index is 1.36. The van der Waals surface area contributed by atoms with Crippen LogP contribution in [-0.4, -0.2) is 54.7 Å². The van der Waals surface area contributed by atoms with Crippen LogP contribution in [0, 0.1) is 0 Å². The van der Waals surface area contributed by atoms with Crippen LogP contribution in [0.2, 0.25) is 5.02 Å². The van der Waals surface area contributed by atoms with Gasteiger partial charge in [0.05, 0.1) is 17.9 Å². The lowest BCUT2D eigenvalue weighted by molar-refractivity contribution is -0.141. The van der Waals surface area contributed by atoms with Crippen LogP contribution >= 0.6 is 11.6 Å². The van der Waals surface area contributed by atoms with E-state index >= 15 is 0 Å². The molecule has 0 radical (unpaired) electrons. The van der Waals surface area contributed by atoms with Gasteiger partial charge in [0, 0.05) is 35.8 Å². The second-order valence-corrected chi connectivity index (χ2v) is 10.5. The molecule has 0 unspecified atom stereocenters. The molecule has 0 aliphatic carbocycles. The van der Waals surface area contributed by atoms with Gasteiger partial charge in [0.25, 0.3) is 5.91 Å². The van der Waals surface area contributed by atoms with Crippen molar-refractivity contribution in [2.24, 2.45) is 0 Å². The number of anilines is 1. The summed E-state index contributed by atoms with van der Waals surface area (Å²) in [6.07, 6.45) is 4.30. The number of para-hydroxylation sites is 1. The maximum atomic E-state index is 13.7. The van der Waals surface area contributed by atoms with Gasteiger partial charge in [-0.25, -0.2) is 0 Å². The number of piperidine rings is 1. The summed E-state index contributed by atoms with van der Waals surface area (Å²) in [5.41, 5.74) is 4.10. The van der Waals surface area contributed by atoms with E-state index in [9.17, 15) is 14.7 Å². The zero-order valence-electron chi connectivity index (χ0n) is 22.1. The number of hydrogen-bond donors (Lipinski definition) is 1. The van der Waals surface area contributed by atoms with Crippen LogP contribution in [-0.2, 0) is 15.1 Å². The molecule has 0 spiro atoms. The maximum absolute atomic E-state index is 13.7. The Bertz CT molecular complexity index is 1380. The van der Waals surface area contributed by atoms with E-state index in [4.69, 9.17) is 16.3 Å². The minimum absolute atomic E-state index is 0.143. The Hall–Kier alpha value is -3.45. The molecule has 1 amide bonds. The minimum Gasteiger partial charge on any atom is -0.465 e. The van der Waals surface area contributed by atoms with Crippen LogP contribution in [0.4, 0.5) is 5.69 Å². The van der Waals surface area contributed by atoms with E-state index in [-0.39, 0.29) is 19.1 Å². The van der Waals surface area contributed by atoms with Crippen LogP contribution in [0.1, 0.15) is 53.2 Å². The van der Waals surface area contributed by atoms with Crippen molar-refractivity contribution >= 4 is 34.7 Å². The van der Waals surface area contributed by atoms with Crippen LogP contribution in [0.3, 0.4) is 0 Å². The molecule has 0 saturated carbocycles. The van der Waals surface area contributed by atoms with Gasteiger partial charge >= 0.3 is 5.97 Å². The molecule has 5 rings (SSSR count). The van der Waals surface area contributed by atoms with Crippen molar-refractivity contribution in [2.75, 3.05) is 37.7 Å². The molecule has 1 fully saturated rings. The minimum atomic E-state index is -0.832. The summed E-state index contributed by atoms with van der Waals surface area (Å²) in [5.74, 6) is -0.652. The number of carbonyl (C=O) groups excluding carboxylic acids is 2. The number of rotatable bonds is 7. The predicted molar refractivity (Wildman–Crippen MR) is 154 cm³/mol. The van der Waals surface area contributed by atoms with E-state index in [1.165, 1.54) is 4.90 Å². The lowest BCUT2D eigenvalue weighted by Gasteiger charge is -2.38. The first-order valence-electron chi connectivity index (χ1n) is 13.5. The maximum Gasteiger partial charge on any atom is 0.326 e. The molecule has 0 aromatic heterocycles. The first-order chi connectivity index (χ1) is 18.9. The van der Waals surface area contributed by atoms with Gasteiger partial charge < -0.3 is 14.7 Å². The normalized spacial score (nSPS) is 17.9. The molecule has 2 aliphatic heterocycles. The van der Waals surface area contributed by atoms with E-state index in [1.807, 2.05) is 72.8 Å². The number of amides is 1.